The molecule has 0 amide bonds. The Kier molecular flexibility index (Phi) is 5.70. The highest BCUT2D eigenvalue weighted by Crippen LogP contribution is 2.26. The van der Waals surface area contributed by atoms with Gasteiger partial charge in [-0.3, -0.25) is 0 Å². The minimum Gasteiger partial charge on any atom is -0.490 e. The minimum atomic E-state index is 0.538. The highest BCUT2D eigenvalue weighted by molar-refractivity contribution is 5.42. The van der Waals surface area contributed by atoms with Gasteiger partial charge in [-0.15, -0.1) is 0 Å². The lowest BCUT2D eigenvalue weighted by atomic mass is 10.3. The molecular weight excluding hydrogens is 268 g/mol. The van der Waals surface area contributed by atoms with E-state index in [1.807, 2.05) is 43.3 Å². The third-order valence-corrected chi connectivity index (χ3v) is 2.78. The van der Waals surface area contributed by atoms with Crippen LogP contribution >= 0.6 is 0 Å². The third kappa shape index (κ3) is 4.56. The Labute approximate surface area is 124 Å². The molecule has 1 aromatic carbocycles. The van der Waals surface area contributed by atoms with E-state index in [0.29, 0.717) is 25.6 Å². The van der Waals surface area contributed by atoms with E-state index in [9.17, 15) is 0 Å². The molecule has 0 fully saturated rings. The number of benzene rings is 1. The highest BCUT2D eigenvalue weighted by Gasteiger charge is 2.02. The van der Waals surface area contributed by atoms with Crippen molar-refractivity contribution < 1.29 is 14.2 Å². The first-order chi connectivity index (χ1) is 10.3. The monoisotopic (exact) mass is 288 g/mol. The van der Waals surface area contributed by atoms with Crippen molar-refractivity contribution in [1.82, 2.24) is 4.98 Å². The van der Waals surface area contributed by atoms with Crippen molar-refractivity contribution in [3.8, 4) is 17.4 Å². The molecule has 0 aliphatic rings. The number of nitrogens with one attached hydrogen (secondary N) is 1. The molecule has 0 saturated heterocycles. The molecule has 0 aliphatic heterocycles. The molecule has 5 heteroatoms. The normalized spacial score (nSPS) is 10.0. The highest BCUT2D eigenvalue weighted by atomic mass is 16.5. The van der Waals surface area contributed by atoms with Gasteiger partial charge in [-0.05, 0) is 25.1 Å². The number of methoxy groups -OCH3 is 1. The third-order valence-electron chi connectivity index (χ3n) is 2.78. The molecule has 2 rings (SSSR count). The maximum Gasteiger partial charge on any atom is 0.213 e. The number of anilines is 1. The Morgan fingerprint density at radius 3 is 2.43 bits per heavy atom. The van der Waals surface area contributed by atoms with Gasteiger partial charge in [0.25, 0.3) is 0 Å². The van der Waals surface area contributed by atoms with Crippen molar-refractivity contribution in [2.24, 2.45) is 0 Å². The zero-order valence-electron chi connectivity index (χ0n) is 12.3. The lowest BCUT2D eigenvalue weighted by molar-refractivity contribution is 0.284. The van der Waals surface area contributed by atoms with Crippen molar-refractivity contribution in [2.45, 2.75) is 6.92 Å². The molecule has 0 saturated carbocycles. The Hall–Kier alpha value is -2.43. The number of ether oxygens (including phenoxy) is 3. The summed E-state index contributed by atoms with van der Waals surface area (Å²) in [7, 11) is 1.60. The first-order valence-electron chi connectivity index (χ1n) is 6.92. The van der Waals surface area contributed by atoms with E-state index in [1.54, 1.807) is 13.3 Å². The van der Waals surface area contributed by atoms with Gasteiger partial charge in [0.15, 0.2) is 11.5 Å². The lowest BCUT2D eigenvalue weighted by Crippen LogP contribution is -2.12. The maximum atomic E-state index is 5.72. The predicted octanol–water partition coefficient (Wildman–Crippen LogP) is 2.98. The first-order valence-corrected chi connectivity index (χ1v) is 6.92. The molecule has 0 bridgehead atoms. The van der Waals surface area contributed by atoms with Crippen LogP contribution in [0.25, 0.3) is 0 Å². The van der Waals surface area contributed by atoms with E-state index < -0.39 is 0 Å². The van der Waals surface area contributed by atoms with Gasteiger partial charge < -0.3 is 19.5 Å². The predicted molar refractivity (Wildman–Crippen MR) is 82.4 cm³/mol. The summed E-state index contributed by atoms with van der Waals surface area (Å²) >= 11 is 0. The molecule has 0 aliphatic carbocycles. The topological polar surface area (TPSA) is 52.6 Å². The minimum absolute atomic E-state index is 0.538. The fraction of sp³-hybridized carbons (Fsp3) is 0.312. The quantitative estimate of drug-likeness (QED) is 0.757. The van der Waals surface area contributed by atoms with Gasteiger partial charge in [0, 0.05) is 12.6 Å². The summed E-state index contributed by atoms with van der Waals surface area (Å²) in [4.78, 5) is 4.13. The second-order valence-electron chi connectivity index (χ2n) is 4.24. The van der Waals surface area contributed by atoms with Gasteiger partial charge in [0.2, 0.25) is 5.88 Å². The van der Waals surface area contributed by atoms with E-state index in [2.05, 4.69) is 10.3 Å². The molecule has 5 nitrogen and oxygen atoms in total. The van der Waals surface area contributed by atoms with Crippen LogP contribution in [0.3, 0.4) is 0 Å². The van der Waals surface area contributed by atoms with Crippen LogP contribution in [-0.4, -0.2) is 31.9 Å². The van der Waals surface area contributed by atoms with E-state index >= 15 is 0 Å². The molecule has 0 radical (unpaired) electrons. The van der Waals surface area contributed by atoms with Crippen LogP contribution < -0.4 is 19.5 Å². The number of aromatic nitrogens is 1. The van der Waals surface area contributed by atoms with Crippen molar-refractivity contribution in [2.75, 3.05) is 32.2 Å². The first kappa shape index (κ1) is 15.0. The van der Waals surface area contributed by atoms with Gasteiger partial charge in [-0.1, -0.05) is 12.1 Å². The Morgan fingerprint density at radius 1 is 1.05 bits per heavy atom. The fourth-order valence-electron chi connectivity index (χ4n) is 1.81. The Bertz CT molecular complexity index is 543. The van der Waals surface area contributed by atoms with Gasteiger partial charge in [-0.2, -0.15) is 0 Å². The maximum absolute atomic E-state index is 5.72. The zero-order valence-corrected chi connectivity index (χ0v) is 12.3. The van der Waals surface area contributed by atoms with E-state index in [-0.39, 0.29) is 0 Å². The van der Waals surface area contributed by atoms with Crippen LogP contribution in [0.15, 0.2) is 42.6 Å². The summed E-state index contributed by atoms with van der Waals surface area (Å²) in [5.41, 5.74) is 0.928. The number of rotatable bonds is 8. The van der Waals surface area contributed by atoms with Gasteiger partial charge in [-0.25, -0.2) is 4.98 Å². The molecule has 1 heterocycles. The van der Waals surface area contributed by atoms with Crippen molar-refractivity contribution in [3.05, 3.63) is 42.6 Å². The average Bonchev–Trinajstić information content (AvgIpc) is 2.54. The van der Waals surface area contributed by atoms with Gasteiger partial charge >= 0.3 is 0 Å². The number of pyridine rings is 1. The molecule has 0 atom stereocenters. The van der Waals surface area contributed by atoms with Crippen LogP contribution in [0.4, 0.5) is 5.69 Å². The van der Waals surface area contributed by atoms with E-state index in [0.717, 1.165) is 17.2 Å². The molecule has 112 valence electrons. The van der Waals surface area contributed by atoms with Crippen molar-refractivity contribution >= 4 is 5.69 Å². The van der Waals surface area contributed by atoms with Crippen LogP contribution in [0.1, 0.15) is 6.92 Å². The molecule has 0 unspecified atom stereocenters. The second kappa shape index (κ2) is 7.99. The second-order valence-corrected chi connectivity index (χ2v) is 4.24. The van der Waals surface area contributed by atoms with Crippen molar-refractivity contribution in [1.29, 1.82) is 0 Å². The largest absolute Gasteiger partial charge is 0.490 e. The molecule has 2 aromatic rings. The van der Waals surface area contributed by atoms with Crippen LogP contribution in [0.2, 0.25) is 0 Å². The summed E-state index contributed by atoms with van der Waals surface area (Å²) in [6, 6.07) is 11.4. The van der Waals surface area contributed by atoms with Crippen LogP contribution in [0, 0.1) is 0 Å². The summed E-state index contributed by atoms with van der Waals surface area (Å²) in [5.74, 6) is 2.13. The molecule has 1 aromatic heterocycles. The van der Waals surface area contributed by atoms with Gasteiger partial charge in [0.05, 0.1) is 25.6 Å². The summed E-state index contributed by atoms with van der Waals surface area (Å²) in [6.07, 6.45) is 1.73. The Balaban J connectivity index is 1.79. The van der Waals surface area contributed by atoms with E-state index in [1.165, 1.54) is 0 Å². The number of nitrogens with zero attached hydrogens (tertiary/aromatic N) is 1. The zero-order chi connectivity index (χ0) is 14.9. The molecule has 0 spiro atoms. The van der Waals surface area contributed by atoms with Gasteiger partial charge in [0.1, 0.15) is 6.61 Å². The van der Waals surface area contributed by atoms with Crippen LogP contribution in [0.5, 0.6) is 17.4 Å². The molecular formula is C16H20N2O3. The summed E-state index contributed by atoms with van der Waals surface area (Å²) < 4.78 is 16.2. The van der Waals surface area contributed by atoms with Crippen molar-refractivity contribution in [3.63, 3.8) is 0 Å². The summed E-state index contributed by atoms with van der Waals surface area (Å²) in [5, 5.41) is 3.23. The fourth-order valence-corrected chi connectivity index (χ4v) is 1.81. The standard InChI is InChI=1S/C16H20N2O3/c1-3-20-14-6-4-5-7-15(14)21-11-10-17-13-8-9-16(19-2)18-12-13/h4-9,12,17H,3,10-11H2,1-2H3. The lowest BCUT2D eigenvalue weighted by Gasteiger charge is -2.12. The Morgan fingerprint density at radius 2 is 1.81 bits per heavy atom. The van der Waals surface area contributed by atoms with E-state index in [4.69, 9.17) is 14.2 Å². The molecule has 21 heavy (non-hydrogen) atoms. The smallest absolute Gasteiger partial charge is 0.213 e. The number of para-hydroxylation sites is 2. The molecule has 1 N–H and O–H groups in total. The average molecular weight is 288 g/mol. The number of hydrogen-bond donors (Lipinski definition) is 1. The summed E-state index contributed by atoms with van der Waals surface area (Å²) in [6.45, 7) is 3.79. The SMILES string of the molecule is CCOc1ccccc1OCCNc1ccc(OC)nc1. The van der Waals surface area contributed by atoms with Crippen LogP contribution in [-0.2, 0) is 0 Å². The number of hydrogen-bond acceptors (Lipinski definition) is 5.